The smallest absolute Gasteiger partial charge is 0.240 e. The van der Waals surface area contributed by atoms with Crippen molar-refractivity contribution in [3.63, 3.8) is 0 Å². The molecular formula is C13H22N2O2. The Hall–Kier alpha value is -1.45. The summed E-state index contributed by atoms with van der Waals surface area (Å²) in [7, 11) is 1.58. The summed E-state index contributed by atoms with van der Waals surface area (Å²) in [6.07, 6.45) is 6.04. The molecule has 0 unspecified atom stereocenters. The molecule has 0 aliphatic rings. The third-order valence-corrected chi connectivity index (χ3v) is 2.56. The van der Waals surface area contributed by atoms with E-state index in [-0.39, 0.29) is 0 Å². The summed E-state index contributed by atoms with van der Waals surface area (Å²) in [5.41, 5.74) is 6.32. The van der Waals surface area contributed by atoms with Crippen LogP contribution in [0, 0.1) is 0 Å². The molecule has 0 radical (unpaired) electrons. The van der Waals surface area contributed by atoms with Crippen LogP contribution in [0.2, 0.25) is 0 Å². The average Bonchev–Trinajstić information content (AvgIpc) is 2.35. The molecule has 0 aliphatic heterocycles. The molecule has 0 aliphatic carbocycles. The highest BCUT2D eigenvalue weighted by molar-refractivity contribution is 5.49. The SMILES string of the molecule is CCCCCCCOc1nc(OC)ccc1N. The summed E-state index contributed by atoms with van der Waals surface area (Å²) < 4.78 is 10.6. The van der Waals surface area contributed by atoms with Gasteiger partial charge in [0.2, 0.25) is 11.8 Å². The van der Waals surface area contributed by atoms with Crippen LogP contribution in [0.4, 0.5) is 5.69 Å². The zero-order valence-corrected chi connectivity index (χ0v) is 10.7. The van der Waals surface area contributed by atoms with E-state index in [9.17, 15) is 0 Å². The Labute approximate surface area is 103 Å². The van der Waals surface area contributed by atoms with Crippen molar-refractivity contribution in [3.05, 3.63) is 12.1 Å². The number of hydrogen-bond acceptors (Lipinski definition) is 4. The molecule has 0 aromatic carbocycles. The van der Waals surface area contributed by atoms with Crippen LogP contribution < -0.4 is 15.2 Å². The van der Waals surface area contributed by atoms with Crippen LogP contribution in [0.3, 0.4) is 0 Å². The van der Waals surface area contributed by atoms with E-state index < -0.39 is 0 Å². The highest BCUT2D eigenvalue weighted by Gasteiger charge is 2.04. The maximum Gasteiger partial charge on any atom is 0.240 e. The highest BCUT2D eigenvalue weighted by Crippen LogP contribution is 2.22. The Morgan fingerprint density at radius 1 is 1.18 bits per heavy atom. The fourth-order valence-corrected chi connectivity index (χ4v) is 1.54. The predicted octanol–water partition coefficient (Wildman–Crippen LogP) is 3.02. The van der Waals surface area contributed by atoms with E-state index >= 15 is 0 Å². The van der Waals surface area contributed by atoms with Gasteiger partial charge in [0.1, 0.15) is 0 Å². The standard InChI is InChI=1S/C13H22N2O2/c1-3-4-5-6-7-10-17-13-11(14)8-9-12(15-13)16-2/h8-9H,3-7,10,14H2,1-2H3. The van der Waals surface area contributed by atoms with Crippen molar-refractivity contribution in [2.75, 3.05) is 19.5 Å². The molecule has 4 heteroatoms. The van der Waals surface area contributed by atoms with Gasteiger partial charge in [0.15, 0.2) is 0 Å². The number of hydrogen-bond donors (Lipinski definition) is 1. The number of rotatable bonds is 8. The molecule has 2 N–H and O–H groups in total. The third kappa shape index (κ3) is 4.93. The lowest BCUT2D eigenvalue weighted by molar-refractivity contribution is 0.289. The second kappa shape index (κ2) is 7.76. The van der Waals surface area contributed by atoms with E-state index in [1.165, 1.54) is 25.7 Å². The third-order valence-electron chi connectivity index (χ3n) is 2.56. The molecular weight excluding hydrogens is 216 g/mol. The lowest BCUT2D eigenvalue weighted by atomic mass is 10.2. The van der Waals surface area contributed by atoms with Crippen molar-refractivity contribution in [1.82, 2.24) is 4.98 Å². The number of methoxy groups -OCH3 is 1. The molecule has 4 nitrogen and oxygen atoms in total. The number of unbranched alkanes of at least 4 members (excludes halogenated alkanes) is 4. The molecule has 0 spiro atoms. The van der Waals surface area contributed by atoms with E-state index in [1.807, 2.05) is 0 Å². The maximum absolute atomic E-state index is 5.76. The van der Waals surface area contributed by atoms with Gasteiger partial charge in [0.25, 0.3) is 0 Å². The van der Waals surface area contributed by atoms with Crippen LogP contribution in [0.1, 0.15) is 39.0 Å². The molecule has 17 heavy (non-hydrogen) atoms. The molecule has 0 amide bonds. The number of nitrogen functional groups attached to an aromatic ring is 1. The van der Waals surface area contributed by atoms with Crippen molar-refractivity contribution < 1.29 is 9.47 Å². The van der Waals surface area contributed by atoms with Gasteiger partial charge in [-0.05, 0) is 12.5 Å². The average molecular weight is 238 g/mol. The van der Waals surface area contributed by atoms with Gasteiger partial charge in [0, 0.05) is 6.07 Å². The van der Waals surface area contributed by atoms with E-state index in [0.717, 1.165) is 6.42 Å². The van der Waals surface area contributed by atoms with E-state index in [4.69, 9.17) is 15.2 Å². The number of pyridine rings is 1. The zero-order chi connectivity index (χ0) is 12.5. The number of nitrogens with zero attached hydrogens (tertiary/aromatic N) is 1. The molecule has 96 valence electrons. The number of aromatic nitrogens is 1. The molecule has 0 saturated heterocycles. The topological polar surface area (TPSA) is 57.4 Å². The molecule has 1 aromatic rings. The van der Waals surface area contributed by atoms with Crippen LogP contribution >= 0.6 is 0 Å². The lowest BCUT2D eigenvalue weighted by Gasteiger charge is -2.08. The van der Waals surface area contributed by atoms with Gasteiger partial charge >= 0.3 is 0 Å². The Balaban J connectivity index is 2.30. The normalized spacial score (nSPS) is 10.2. The first-order chi connectivity index (χ1) is 8.27. The fourth-order valence-electron chi connectivity index (χ4n) is 1.54. The summed E-state index contributed by atoms with van der Waals surface area (Å²) >= 11 is 0. The summed E-state index contributed by atoms with van der Waals surface area (Å²) in [6.45, 7) is 2.87. The van der Waals surface area contributed by atoms with Crippen LogP contribution in [0.25, 0.3) is 0 Å². The summed E-state index contributed by atoms with van der Waals surface area (Å²) in [6, 6.07) is 3.47. The number of nitrogens with two attached hydrogens (primary N) is 1. The van der Waals surface area contributed by atoms with Crippen molar-refractivity contribution in [2.45, 2.75) is 39.0 Å². The Bertz CT molecular complexity index is 329. The van der Waals surface area contributed by atoms with Gasteiger partial charge in [-0.1, -0.05) is 32.6 Å². The summed E-state index contributed by atoms with van der Waals surface area (Å²) in [5, 5.41) is 0. The van der Waals surface area contributed by atoms with Crippen LogP contribution in [0.5, 0.6) is 11.8 Å². The lowest BCUT2D eigenvalue weighted by Crippen LogP contribution is -2.03. The van der Waals surface area contributed by atoms with Gasteiger partial charge < -0.3 is 15.2 Å². The first kappa shape index (κ1) is 13.6. The van der Waals surface area contributed by atoms with Gasteiger partial charge in [-0.3, -0.25) is 0 Å². The van der Waals surface area contributed by atoms with Crippen molar-refractivity contribution in [1.29, 1.82) is 0 Å². The molecule has 1 heterocycles. The van der Waals surface area contributed by atoms with Crippen molar-refractivity contribution in [2.24, 2.45) is 0 Å². The van der Waals surface area contributed by atoms with E-state index in [2.05, 4.69) is 11.9 Å². The van der Waals surface area contributed by atoms with Crippen molar-refractivity contribution in [3.8, 4) is 11.8 Å². The quantitative estimate of drug-likeness (QED) is 0.707. The predicted molar refractivity (Wildman–Crippen MR) is 69.5 cm³/mol. The molecule has 0 saturated carbocycles. The Morgan fingerprint density at radius 2 is 1.94 bits per heavy atom. The van der Waals surface area contributed by atoms with Crippen LogP contribution in [-0.4, -0.2) is 18.7 Å². The second-order valence-electron chi connectivity index (χ2n) is 4.01. The second-order valence-corrected chi connectivity index (χ2v) is 4.01. The molecule has 0 atom stereocenters. The zero-order valence-electron chi connectivity index (χ0n) is 10.7. The van der Waals surface area contributed by atoms with E-state index in [0.29, 0.717) is 24.1 Å². The minimum atomic E-state index is 0.472. The molecule has 0 bridgehead atoms. The first-order valence-corrected chi connectivity index (χ1v) is 6.21. The number of ether oxygens (including phenoxy) is 2. The van der Waals surface area contributed by atoms with Crippen LogP contribution in [0.15, 0.2) is 12.1 Å². The molecule has 1 aromatic heterocycles. The largest absolute Gasteiger partial charge is 0.481 e. The summed E-state index contributed by atoms with van der Waals surface area (Å²) in [4.78, 5) is 4.16. The minimum Gasteiger partial charge on any atom is -0.481 e. The summed E-state index contributed by atoms with van der Waals surface area (Å²) in [5.74, 6) is 1.00. The monoisotopic (exact) mass is 238 g/mol. The number of anilines is 1. The van der Waals surface area contributed by atoms with Gasteiger partial charge in [-0.25, -0.2) is 0 Å². The minimum absolute atomic E-state index is 0.472. The van der Waals surface area contributed by atoms with Gasteiger partial charge in [0.05, 0.1) is 19.4 Å². The van der Waals surface area contributed by atoms with E-state index in [1.54, 1.807) is 19.2 Å². The van der Waals surface area contributed by atoms with Crippen molar-refractivity contribution >= 4 is 5.69 Å². The van der Waals surface area contributed by atoms with Gasteiger partial charge in [-0.15, -0.1) is 0 Å². The highest BCUT2D eigenvalue weighted by atomic mass is 16.5. The van der Waals surface area contributed by atoms with Crippen LogP contribution in [-0.2, 0) is 0 Å². The first-order valence-electron chi connectivity index (χ1n) is 6.21. The van der Waals surface area contributed by atoms with Gasteiger partial charge in [-0.2, -0.15) is 4.98 Å². The Morgan fingerprint density at radius 3 is 2.65 bits per heavy atom. The molecule has 0 fully saturated rings. The fraction of sp³-hybridized carbons (Fsp3) is 0.615. The Kier molecular flexibility index (Phi) is 6.22. The molecule has 1 rings (SSSR count). The maximum atomic E-state index is 5.76.